The van der Waals surface area contributed by atoms with Crippen molar-refractivity contribution in [3.63, 3.8) is 0 Å². The van der Waals surface area contributed by atoms with Gasteiger partial charge in [-0.1, -0.05) is 24.3 Å². The smallest absolute Gasteiger partial charge is 0.264 e. The molecule has 2 rings (SSSR count). The van der Waals surface area contributed by atoms with Gasteiger partial charge >= 0.3 is 0 Å². The minimum Gasteiger partial charge on any atom is -0.267 e. The lowest BCUT2D eigenvalue weighted by Crippen LogP contribution is -2.30. The summed E-state index contributed by atoms with van der Waals surface area (Å²) in [6.45, 7) is 4.11. The average molecular weight is 324 g/mol. The summed E-state index contributed by atoms with van der Waals surface area (Å²) in [5.41, 5.74) is 2.49. The number of anilines is 1. The molecule has 0 aliphatic carbocycles. The molecule has 0 atom stereocenters. The minimum absolute atomic E-state index is 0.273. The number of nitrogens with zero attached hydrogens (tertiary/aromatic N) is 1. The summed E-state index contributed by atoms with van der Waals surface area (Å²) in [5, 5.41) is 0. The molecular weight excluding hydrogens is 306 g/mol. The first-order chi connectivity index (χ1) is 10.0. The van der Waals surface area contributed by atoms with Gasteiger partial charge in [-0.05, 0) is 49.2 Å². The first kappa shape index (κ1) is 15.9. The first-order valence-corrected chi connectivity index (χ1v) is 8.71. The van der Waals surface area contributed by atoms with E-state index in [1.165, 1.54) is 4.31 Å². The highest BCUT2D eigenvalue weighted by atomic mass is 35.5. The molecule has 0 radical (unpaired) electrons. The van der Waals surface area contributed by atoms with E-state index in [9.17, 15) is 8.42 Å². The van der Waals surface area contributed by atoms with E-state index in [0.29, 0.717) is 18.1 Å². The number of sulfonamides is 1. The molecule has 0 saturated heterocycles. The van der Waals surface area contributed by atoms with Crippen LogP contribution >= 0.6 is 11.6 Å². The molecule has 0 heterocycles. The average Bonchev–Trinajstić information content (AvgIpc) is 2.49. The van der Waals surface area contributed by atoms with Gasteiger partial charge in [0.05, 0.1) is 10.6 Å². The predicted octanol–water partition coefficient (Wildman–Crippen LogP) is 3.95. The Hall–Kier alpha value is -1.52. The number of alkyl halides is 1. The highest BCUT2D eigenvalue weighted by Crippen LogP contribution is 2.25. The quantitative estimate of drug-likeness (QED) is 0.781. The van der Waals surface area contributed by atoms with Gasteiger partial charge in [-0.2, -0.15) is 0 Å². The lowest BCUT2D eigenvalue weighted by molar-refractivity contribution is 0.591. The van der Waals surface area contributed by atoms with E-state index in [1.54, 1.807) is 30.3 Å². The summed E-state index contributed by atoms with van der Waals surface area (Å²) in [5.74, 6) is 0.298. The van der Waals surface area contributed by atoms with Crippen LogP contribution in [0.1, 0.15) is 18.1 Å². The normalized spacial score (nSPS) is 11.4. The van der Waals surface area contributed by atoms with Crippen molar-refractivity contribution >= 4 is 27.3 Å². The van der Waals surface area contributed by atoms with Crippen LogP contribution in [-0.2, 0) is 15.9 Å². The summed E-state index contributed by atoms with van der Waals surface area (Å²) in [4.78, 5) is 0.273. The van der Waals surface area contributed by atoms with Gasteiger partial charge in [-0.25, -0.2) is 8.42 Å². The van der Waals surface area contributed by atoms with Gasteiger partial charge in [-0.3, -0.25) is 4.31 Å². The second kappa shape index (κ2) is 6.50. The fourth-order valence-corrected chi connectivity index (χ4v) is 3.98. The minimum atomic E-state index is -3.58. The molecule has 0 spiro atoms. The Kier molecular flexibility index (Phi) is 4.91. The maximum Gasteiger partial charge on any atom is 0.264 e. The summed E-state index contributed by atoms with van der Waals surface area (Å²) in [6, 6.07) is 14.2. The van der Waals surface area contributed by atoms with E-state index >= 15 is 0 Å². The molecule has 5 heteroatoms. The maximum atomic E-state index is 12.8. The molecule has 0 saturated carbocycles. The zero-order valence-corrected chi connectivity index (χ0v) is 13.7. The molecule has 2 aromatic carbocycles. The van der Waals surface area contributed by atoms with E-state index in [1.807, 2.05) is 32.0 Å². The molecule has 0 amide bonds. The third-order valence-electron chi connectivity index (χ3n) is 3.38. The van der Waals surface area contributed by atoms with Gasteiger partial charge in [-0.15, -0.1) is 11.6 Å². The fourth-order valence-electron chi connectivity index (χ4n) is 2.17. The highest BCUT2D eigenvalue weighted by molar-refractivity contribution is 7.92. The third-order valence-corrected chi connectivity index (χ3v) is 5.57. The van der Waals surface area contributed by atoms with Crippen molar-refractivity contribution in [3.8, 4) is 0 Å². The topological polar surface area (TPSA) is 37.4 Å². The zero-order valence-electron chi connectivity index (χ0n) is 12.1. The van der Waals surface area contributed by atoms with Gasteiger partial charge < -0.3 is 0 Å². The van der Waals surface area contributed by atoms with Crippen LogP contribution in [0.2, 0.25) is 0 Å². The predicted molar refractivity (Wildman–Crippen MR) is 87.4 cm³/mol. The standard InChI is InChI=1S/C16H18ClNO2S/c1-3-18(15-7-5-4-6-8-15)21(19,20)16-10-9-13(2)14(11-16)12-17/h4-11H,3,12H2,1-2H3. The van der Waals surface area contributed by atoms with E-state index < -0.39 is 10.0 Å². The highest BCUT2D eigenvalue weighted by Gasteiger charge is 2.23. The molecule has 0 aromatic heterocycles. The van der Waals surface area contributed by atoms with Crippen LogP contribution in [0.25, 0.3) is 0 Å². The molecule has 0 bridgehead atoms. The van der Waals surface area contributed by atoms with Crippen LogP contribution in [0.5, 0.6) is 0 Å². The van der Waals surface area contributed by atoms with Crippen molar-refractivity contribution < 1.29 is 8.42 Å². The van der Waals surface area contributed by atoms with Crippen molar-refractivity contribution in [1.29, 1.82) is 0 Å². The van der Waals surface area contributed by atoms with Gasteiger partial charge in [0.25, 0.3) is 10.0 Å². The molecule has 21 heavy (non-hydrogen) atoms. The molecule has 0 aliphatic rings. The van der Waals surface area contributed by atoms with Crippen LogP contribution < -0.4 is 4.31 Å². The number of rotatable bonds is 5. The SMILES string of the molecule is CCN(c1ccccc1)S(=O)(=O)c1ccc(C)c(CCl)c1. The van der Waals surface area contributed by atoms with Gasteiger partial charge in [0.1, 0.15) is 0 Å². The molecular formula is C16H18ClNO2S. The van der Waals surface area contributed by atoms with Gasteiger partial charge in [0.15, 0.2) is 0 Å². The van der Waals surface area contributed by atoms with Crippen molar-refractivity contribution in [2.45, 2.75) is 24.6 Å². The Morgan fingerprint density at radius 2 is 1.76 bits per heavy atom. The number of benzene rings is 2. The lowest BCUT2D eigenvalue weighted by atomic mass is 10.1. The van der Waals surface area contributed by atoms with Crippen LogP contribution in [0, 0.1) is 6.92 Å². The zero-order chi connectivity index (χ0) is 15.5. The van der Waals surface area contributed by atoms with Gasteiger partial charge in [0, 0.05) is 12.4 Å². The van der Waals surface area contributed by atoms with Crippen molar-refractivity contribution in [1.82, 2.24) is 0 Å². The van der Waals surface area contributed by atoms with Crippen LogP contribution in [-0.4, -0.2) is 15.0 Å². The fraction of sp³-hybridized carbons (Fsp3) is 0.250. The molecule has 0 N–H and O–H groups in total. The summed E-state index contributed by atoms with van der Waals surface area (Å²) in [6.07, 6.45) is 0. The van der Waals surface area contributed by atoms with Crippen LogP contribution in [0.4, 0.5) is 5.69 Å². The van der Waals surface area contributed by atoms with Crippen molar-refractivity contribution in [2.75, 3.05) is 10.8 Å². The second-order valence-corrected chi connectivity index (χ2v) is 6.86. The Morgan fingerprint density at radius 1 is 1.10 bits per heavy atom. The Balaban J connectivity index is 2.50. The van der Waals surface area contributed by atoms with E-state index in [0.717, 1.165) is 11.1 Å². The Labute approximate surface area is 131 Å². The summed E-state index contributed by atoms with van der Waals surface area (Å²) >= 11 is 5.88. The summed E-state index contributed by atoms with van der Waals surface area (Å²) < 4.78 is 27.1. The number of hydrogen-bond acceptors (Lipinski definition) is 2. The van der Waals surface area contributed by atoms with E-state index in [-0.39, 0.29) is 4.90 Å². The Morgan fingerprint density at radius 3 is 2.33 bits per heavy atom. The van der Waals surface area contributed by atoms with E-state index in [2.05, 4.69) is 0 Å². The Bertz CT molecular complexity index is 714. The third kappa shape index (κ3) is 3.22. The van der Waals surface area contributed by atoms with Crippen LogP contribution in [0.15, 0.2) is 53.4 Å². The number of hydrogen-bond donors (Lipinski definition) is 0. The molecule has 0 aliphatic heterocycles. The molecule has 0 fully saturated rings. The number of aryl methyl sites for hydroxylation is 1. The van der Waals surface area contributed by atoms with E-state index in [4.69, 9.17) is 11.6 Å². The van der Waals surface area contributed by atoms with Crippen LogP contribution in [0.3, 0.4) is 0 Å². The molecule has 0 unspecified atom stereocenters. The summed E-state index contributed by atoms with van der Waals surface area (Å²) in [7, 11) is -3.58. The van der Waals surface area contributed by atoms with Crippen molar-refractivity contribution in [2.24, 2.45) is 0 Å². The van der Waals surface area contributed by atoms with Crippen molar-refractivity contribution in [3.05, 3.63) is 59.7 Å². The van der Waals surface area contributed by atoms with Gasteiger partial charge in [0.2, 0.25) is 0 Å². The first-order valence-electron chi connectivity index (χ1n) is 6.74. The lowest BCUT2D eigenvalue weighted by Gasteiger charge is -2.23. The second-order valence-electron chi connectivity index (χ2n) is 4.73. The molecule has 2 aromatic rings. The number of para-hydroxylation sites is 1. The number of halogens is 1. The maximum absolute atomic E-state index is 12.8. The largest absolute Gasteiger partial charge is 0.267 e. The monoisotopic (exact) mass is 323 g/mol. The molecule has 112 valence electrons. The molecule has 3 nitrogen and oxygen atoms in total.